The van der Waals surface area contributed by atoms with Crippen molar-refractivity contribution in [2.45, 2.75) is 19.8 Å². The number of amides is 1. The Kier molecular flexibility index (Phi) is 4.57. The second-order valence-electron chi connectivity index (χ2n) is 5.77. The first-order valence-corrected chi connectivity index (χ1v) is 7.97. The number of rotatable bonds is 3. The van der Waals surface area contributed by atoms with E-state index in [1.807, 2.05) is 24.3 Å². The third-order valence-corrected chi connectivity index (χ3v) is 4.30. The van der Waals surface area contributed by atoms with Crippen molar-refractivity contribution in [3.05, 3.63) is 42.0 Å². The van der Waals surface area contributed by atoms with Crippen molar-refractivity contribution in [2.24, 2.45) is 5.10 Å². The van der Waals surface area contributed by atoms with Crippen molar-refractivity contribution in [3.63, 3.8) is 0 Å². The van der Waals surface area contributed by atoms with Gasteiger partial charge in [-0.2, -0.15) is 5.10 Å². The molecule has 0 atom stereocenters. The van der Waals surface area contributed by atoms with Crippen molar-refractivity contribution < 1.29 is 9.90 Å². The van der Waals surface area contributed by atoms with Crippen LogP contribution in [0.2, 0.25) is 0 Å². The minimum Gasteiger partial charge on any atom is -0.507 e. The lowest BCUT2D eigenvalue weighted by Gasteiger charge is -2.25. The first-order valence-electron chi connectivity index (χ1n) is 7.97. The van der Waals surface area contributed by atoms with Crippen molar-refractivity contribution in [3.8, 4) is 5.75 Å². The van der Waals surface area contributed by atoms with E-state index in [2.05, 4.69) is 22.4 Å². The number of nitrogens with zero attached hydrogens (tertiary/aromatic N) is 2. The molecular formula is C18H21N3O2. The molecule has 1 amide bonds. The lowest BCUT2D eigenvalue weighted by molar-refractivity contribution is 0.0952. The highest BCUT2D eigenvalue weighted by Gasteiger charge is 2.15. The number of phenols is 1. The predicted octanol–water partition coefficient (Wildman–Crippen LogP) is 2.75. The van der Waals surface area contributed by atoms with Gasteiger partial charge in [-0.1, -0.05) is 31.2 Å². The average molecular weight is 311 g/mol. The van der Waals surface area contributed by atoms with E-state index in [4.69, 9.17) is 0 Å². The normalized spacial score (nSPS) is 15.6. The van der Waals surface area contributed by atoms with Crippen LogP contribution in [0.3, 0.4) is 0 Å². The lowest BCUT2D eigenvalue weighted by Crippen LogP contribution is -2.34. The molecule has 0 saturated carbocycles. The van der Waals surface area contributed by atoms with Crippen LogP contribution in [-0.2, 0) is 0 Å². The molecule has 0 unspecified atom stereocenters. The number of hydrogen-bond donors (Lipinski definition) is 2. The Hall–Kier alpha value is -2.40. The summed E-state index contributed by atoms with van der Waals surface area (Å²) in [6, 6.07) is 10.9. The van der Waals surface area contributed by atoms with Crippen LogP contribution in [0.1, 0.15) is 30.1 Å². The quantitative estimate of drug-likeness (QED) is 0.857. The van der Waals surface area contributed by atoms with Crippen LogP contribution in [0.15, 0.2) is 41.5 Å². The molecule has 0 spiro atoms. The Balaban J connectivity index is 1.72. The number of nitrogens with one attached hydrogen (secondary N) is 1. The summed E-state index contributed by atoms with van der Waals surface area (Å²) < 4.78 is 0. The third kappa shape index (κ3) is 3.51. The molecule has 1 aliphatic rings. The molecule has 2 aromatic rings. The molecule has 23 heavy (non-hydrogen) atoms. The largest absolute Gasteiger partial charge is 0.507 e. The number of likely N-dealkylation sites (tertiary alicyclic amines) is 1. The zero-order valence-corrected chi connectivity index (χ0v) is 13.2. The number of benzene rings is 2. The molecule has 5 nitrogen and oxygen atoms in total. The predicted molar refractivity (Wildman–Crippen MR) is 91.9 cm³/mol. The van der Waals surface area contributed by atoms with Crippen LogP contribution in [0.25, 0.3) is 10.8 Å². The topological polar surface area (TPSA) is 64.9 Å². The second kappa shape index (κ2) is 6.79. The van der Waals surface area contributed by atoms with Gasteiger partial charge in [-0.15, -0.1) is 0 Å². The number of fused-ring (bicyclic) bond motifs is 1. The van der Waals surface area contributed by atoms with Crippen LogP contribution < -0.4 is 5.43 Å². The van der Waals surface area contributed by atoms with Crippen molar-refractivity contribution in [2.75, 3.05) is 19.6 Å². The van der Waals surface area contributed by atoms with Crippen molar-refractivity contribution in [1.82, 2.24) is 10.3 Å². The minimum absolute atomic E-state index is 0.0257. The fourth-order valence-electron chi connectivity index (χ4n) is 2.84. The van der Waals surface area contributed by atoms with E-state index in [9.17, 15) is 9.90 Å². The van der Waals surface area contributed by atoms with Gasteiger partial charge in [0.2, 0.25) is 0 Å². The van der Waals surface area contributed by atoms with Gasteiger partial charge >= 0.3 is 0 Å². The summed E-state index contributed by atoms with van der Waals surface area (Å²) >= 11 is 0. The summed E-state index contributed by atoms with van der Waals surface area (Å²) in [5.74, 6) is -0.402. The molecular weight excluding hydrogens is 290 g/mol. The zero-order chi connectivity index (χ0) is 16.2. The zero-order valence-electron chi connectivity index (χ0n) is 13.2. The molecule has 0 aliphatic carbocycles. The molecule has 1 heterocycles. The van der Waals surface area contributed by atoms with E-state index in [0.29, 0.717) is 0 Å². The van der Waals surface area contributed by atoms with Crippen LogP contribution in [0.5, 0.6) is 5.75 Å². The maximum absolute atomic E-state index is 12.3. The van der Waals surface area contributed by atoms with Crippen molar-refractivity contribution >= 4 is 22.4 Å². The van der Waals surface area contributed by atoms with Gasteiger partial charge in [-0.3, -0.25) is 4.79 Å². The molecule has 1 fully saturated rings. The number of hydrogen-bond acceptors (Lipinski definition) is 4. The molecule has 3 rings (SSSR count). The van der Waals surface area contributed by atoms with Gasteiger partial charge in [0.1, 0.15) is 5.75 Å². The Morgan fingerprint density at radius 2 is 1.87 bits per heavy atom. The van der Waals surface area contributed by atoms with Gasteiger partial charge in [0.25, 0.3) is 5.91 Å². The molecule has 1 saturated heterocycles. The summed E-state index contributed by atoms with van der Waals surface area (Å²) in [6.45, 7) is 5.15. The van der Waals surface area contributed by atoms with Crippen molar-refractivity contribution in [1.29, 1.82) is 0 Å². The lowest BCUT2D eigenvalue weighted by atomic mass is 10.1. The molecule has 120 valence electrons. The van der Waals surface area contributed by atoms with E-state index in [0.717, 1.165) is 49.0 Å². The van der Waals surface area contributed by atoms with Gasteiger partial charge < -0.3 is 10.0 Å². The molecule has 0 aromatic heterocycles. The summed E-state index contributed by atoms with van der Waals surface area (Å²) in [4.78, 5) is 14.6. The van der Waals surface area contributed by atoms with Crippen LogP contribution in [0.4, 0.5) is 0 Å². The smallest absolute Gasteiger partial charge is 0.275 e. The maximum Gasteiger partial charge on any atom is 0.275 e. The fourth-order valence-corrected chi connectivity index (χ4v) is 2.84. The number of aromatic hydroxyl groups is 1. The van der Waals surface area contributed by atoms with Gasteiger partial charge in [-0.25, -0.2) is 5.43 Å². The highest BCUT2D eigenvalue weighted by atomic mass is 16.3. The number of piperidine rings is 1. The van der Waals surface area contributed by atoms with E-state index in [1.54, 1.807) is 12.1 Å². The minimum atomic E-state index is -0.376. The summed E-state index contributed by atoms with van der Waals surface area (Å²) in [5.41, 5.74) is 3.83. The summed E-state index contributed by atoms with van der Waals surface area (Å²) in [7, 11) is 0. The SMILES string of the molecule is CCN1CCC(=NNC(=O)c2cc3ccccc3cc2O)CC1. The number of carbonyl (C=O) groups excluding carboxylic acids is 1. The molecule has 1 aliphatic heterocycles. The summed E-state index contributed by atoms with van der Waals surface area (Å²) in [6.07, 6.45) is 1.75. The molecule has 2 N–H and O–H groups in total. The fraction of sp³-hybridized carbons (Fsp3) is 0.333. The standard InChI is InChI=1S/C18H21N3O2/c1-2-21-9-7-15(8-10-21)19-20-18(23)16-11-13-5-3-4-6-14(13)12-17(16)22/h3-6,11-12,22H,2,7-10H2,1H3,(H,20,23). The van der Waals surface area contributed by atoms with Crippen LogP contribution >= 0.6 is 0 Å². The van der Waals surface area contributed by atoms with Gasteiger partial charge in [0.15, 0.2) is 0 Å². The van der Waals surface area contributed by atoms with E-state index in [-0.39, 0.29) is 17.2 Å². The third-order valence-electron chi connectivity index (χ3n) is 4.30. The molecule has 5 heteroatoms. The second-order valence-corrected chi connectivity index (χ2v) is 5.77. The Labute approximate surface area is 135 Å². The van der Waals surface area contributed by atoms with Crippen LogP contribution in [-0.4, -0.2) is 41.3 Å². The first-order chi connectivity index (χ1) is 11.2. The maximum atomic E-state index is 12.3. The van der Waals surface area contributed by atoms with E-state index in [1.165, 1.54) is 0 Å². The highest BCUT2D eigenvalue weighted by molar-refractivity contribution is 6.02. The molecule has 0 radical (unpaired) electrons. The molecule has 0 bridgehead atoms. The van der Waals surface area contributed by atoms with Crippen LogP contribution in [0, 0.1) is 0 Å². The van der Waals surface area contributed by atoms with Gasteiger partial charge in [0, 0.05) is 31.6 Å². The number of carbonyl (C=O) groups is 1. The number of hydrazone groups is 1. The van der Waals surface area contributed by atoms with Gasteiger partial charge in [-0.05, 0) is 29.4 Å². The molecule has 2 aromatic carbocycles. The highest BCUT2D eigenvalue weighted by Crippen LogP contribution is 2.24. The van der Waals surface area contributed by atoms with E-state index < -0.39 is 0 Å². The Morgan fingerprint density at radius 1 is 1.22 bits per heavy atom. The monoisotopic (exact) mass is 311 g/mol. The Bertz CT molecular complexity index is 745. The van der Waals surface area contributed by atoms with Gasteiger partial charge in [0.05, 0.1) is 5.56 Å². The summed E-state index contributed by atoms with van der Waals surface area (Å²) in [5, 5.41) is 16.1. The first kappa shape index (κ1) is 15.5. The Morgan fingerprint density at radius 3 is 2.52 bits per heavy atom. The average Bonchev–Trinajstić information content (AvgIpc) is 2.59. The number of phenolic OH excluding ortho intramolecular Hbond substituents is 1. The van der Waals surface area contributed by atoms with E-state index >= 15 is 0 Å².